The van der Waals surface area contributed by atoms with Crippen LogP contribution < -0.4 is 5.56 Å². The van der Waals surface area contributed by atoms with Crippen molar-refractivity contribution in [3.8, 4) is 16.9 Å². The Bertz CT molecular complexity index is 1530. The smallest absolute Gasteiger partial charge is 0.347 e. The SMILES string of the molecule is CC(C)C(=O)N1CCc2c(c3ccc(-n4ccc(-c5ccc(C(F)(F)F)cn5)cc4=O)cc3n2C)C1. The van der Waals surface area contributed by atoms with E-state index in [-0.39, 0.29) is 17.4 Å². The number of hydrogen-bond donors (Lipinski definition) is 0. The molecule has 0 atom stereocenters. The summed E-state index contributed by atoms with van der Waals surface area (Å²) in [6, 6.07) is 11.0. The van der Waals surface area contributed by atoms with E-state index in [4.69, 9.17) is 0 Å². The number of aryl methyl sites for hydroxylation is 1. The summed E-state index contributed by atoms with van der Waals surface area (Å²) in [4.78, 5) is 31.3. The van der Waals surface area contributed by atoms with Crippen LogP contribution >= 0.6 is 0 Å². The lowest BCUT2D eigenvalue weighted by atomic mass is 10.0. The fourth-order valence-electron chi connectivity index (χ4n) is 4.85. The minimum atomic E-state index is -4.47. The number of hydrogen-bond acceptors (Lipinski definition) is 3. The normalized spacial score (nSPS) is 13.9. The van der Waals surface area contributed by atoms with E-state index in [9.17, 15) is 22.8 Å². The van der Waals surface area contributed by atoms with Crippen LogP contribution in [0.15, 0.2) is 59.7 Å². The number of pyridine rings is 2. The number of amides is 1. The molecule has 0 radical (unpaired) electrons. The van der Waals surface area contributed by atoms with Gasteiger partial charge in [0.25, 0.3) is 5.56 Å². The molecule has 3 aromatic heterocycles. The molecule has 6 nitrogen and oxygen atoms in total. The van der Waals surface area contributed by atoms with Crippen molar-refractivity contribution < 1.29 is 18.0 Å². The summed E-state index contributed by atoms with van der Waals surface area (Å²) >= 11 is 0. The highest BCUT2D eigenvalue weighted by Gasteiger charge is 2.31. The molecule has 1 amide bonds. The van der Waals surface area contributed by atoms with Gasteiger partial charge in [-0.25, -0.2) is 0 Å². The molecule has 0 unspecified atom stereocenters. The Morgan fingerprint density at radius 2 is 1.86 bits per heavy atom. The molecule has 5 rings (SSSR count). The van der Waals surface area contributed by atoms with E-state index in [1.807, 2.05) is 44.0 Å². The van der Waals surface area contributed by atoms with Crippen LogP contribution in [-0.2, 0) is 31.0 Å². The van der Waals surface area contributed by atoms with Crippen molar-refractivity contribution in [2.45, 2.75) is 33.0 Å². The Kier molecular flexibility index (Phi) is 5.73. The van der Waals surface area contributed by atoms with Gasteiger partial charge < -0.3 is 9.47 Å². The Morgan fingerprint density at radius 3 is 2.50 bits per heavy atom. The third-order valence-electron chi connectivity index (χ3n) is 6.78. The third-order valence-corrected chi connectivity index (χ3v) is 6.78. The predicted molar refractivity (Wildman–Crippen MR) is 131 cm³/mol. The topological polar surface area (TPSA) is 60.1 Å². The van der Waals surface area contributed by atoms with E-state index in [0.717, 1.165) is 35.2 Å². The first-order chi connectivity index (χ1) is 17.0. The summed E-state index contributed by atoms with van der Waals surface area (Å²) in [5, 5.41) is 1.05. The zero-order chi connectivity index (χ0) is 25.8. The second-order valence-corrected chi connectivity index (χ2v) is 9.40. The van der Waals surface area contributed by atoms with Crippen LogP contribution in [0.1, 0.15) is 30.7 Å². The summed E-state index contributed by atoms with van der Waals surface area (Å²) < 4.78 is 42.1. The summed E-state index contributed by atoms with van der Waals surface area (Å²) in [6.45, 7) is 5.06. The number of aromatic nitrogens is 3. The minimum absolute atomic E-state index is 0.0549. The highest BCUT2D eigenvalue weighted by Crippen LogP contribution is 2.32. The van der Waals surface area contributed by atoms with Crippen molar-refractivity contribution in [2.75, 3.05) is 6.54 Å². The first-order valence-corrected chi connectivity index (χ1v) is 11.7. The van der Waals surface area contributed by atoms with Crippen LogP contribution in [0.4, 0.5) is 13.2 Å². The molecule has 4 heterocycles. The molecule has 0 N–H and O–H groups in total. The van der Waals surface area contributed by atoms with Crippen LogP contribution in [0, 0.1) is 5.92 Å². The van der Waals surface area contributed by atoms with Crippen molar-refractivity contribution in [3.63, 3.8) is 0 Å². The number of alkyl halides is 3. The van der Waals surface area contributed by atoms with Gasteiger partial charge in [0, 0.05) is 73.1 Å². The first kappa shape index (κ1) is 23.8. The number of nitrogens with zero attached hydrogens (tertiary/aromatic N) is 4. The Balaban J connectivity index is 1.48. The van der Waals surface area contributed by atoms with E-state index in [2.05, 4.69) is 9.55 Å². The fourth-order valence-corrected chi connectivity index (χ4v) is 4.85. The van der Waals surface area contributed by atoms with Gasteiger partial charge in [-0.05, 0) is 30.3 Å². The Hall–Kier alpha value is -3.88. The van der Waals surface area contributed by atoms with Gasteiger partial charge in [0.15, 0.2) is 0 Å². The Labute approximate surface area is 205 Å². The quantitative estimate of drug-likeness (QED) is 0.405. The number of rotatable bonds is 3. The van der Waals surface area contributed by atoms with Crippen molar-refractivity contribution in [2.24, 2.45) is 13.0 Å². The van der Waals surface area contributed by atoms with Gasteiger partial charge >= 0.3 is 6.18 Å². The molecule has 186 valence electrons. The van der Waals surface area contributed by atoms with Crippen molar-refractivity contribution in [1.29, 1.82) is 0 Å². The van der Waals surface area contributed by atoms with Gasteiger partial charge in [0.05, 0.1) is 22.5 Å². The molecule has 1 aliphatic heterocycles. The zero-order valence-corrected chi connectivity index (χ0v) is 20.1. The lowest BCUT2D eigenvalue weighted by Gasteiger charge is -2.29. The van der Waals surface area contributed by atoms with Gasteiger partial charge in [0.1, 0.15) is 0 Å². The molecule has 9 heteroatoms. The zero-order valence-electron chi connectivity index (χ0n) is 20.1. The van der Waals surface area contributed by atoms with Gasteiger partial charge in [0.2, 0.25) is 5.91 Å². The van der Waals surface area contributed by atoms with Crippen LogP contribution in [0.5, 0.6) is 0 Å². The summed E-state index contributed by atoms with van der Waals surface area (Å²) in [5.41, 5.74) is 3.54. The molecule has 0 fully saturated rings. The van der Waals surface area contributed by atoms with Crippen LogP contribution in [0.2, 0.25) is 0 Å². The van der Waals surface area contributed by atoms with Crippen molar-refractivity contribution in [1.82, 2.24) is 19.0 Å². The lowest BCUT2D eigenvalue weighted by Crippen LogP contribution is -2.38. The second-order valence-electron chi connectivity index (χ2n) is 9.40. The minimum Gasteiger partial charge on any atom is -0.347 e. The number of fused-ring (bicyclic) bond motifs is 3. The van der Waals surface area contributed by atoms with E-state index in [1.165, 1.54) is 22.4 Å². The maximum Gasteiger partial charge on any atom is 0.417 e. The number of carbonyl (C=O) groups excluding carboxylic acids is 1. The fraction of sp³-hybridized carbons (Fsp3) is 0.296. The molecule has 0 saturated carbocycles. The number of benzene rings is 1. The highest BCUT2D eigenvalue weighted by atomic mass is 19.4. The third kappa shape index (κ3) is 4.08. The van der Waals surface area contributed by atoms with Crippen molar-refractivity contribution >= 4 is 16.8 Å². The largest absolute Gasteiger partial charge is 0.417 e. The molecule has 4 aromatic rings. The monoisotopic (exact) mass is 494 g/mol. The summed E-state index contributed by atoms with van der Waals surface area (Å²) in [5.74, 6) is 0.0872. The van der Waals surface area contributed by atoms with Gasteiger partial charge in [-0.1, -0.05) is 19.9 Å². The van der Waals surface area contributed by atoms with Crippen molar-refractivity contribution in [3.05, 3.63) is 82.0 Å². The predicted octanol–water partition coefficient (Wildman–Crippen LogP) is 4.95. The van der Waals surface area contributed by atoms with E-state index in [1.54, 1.807) is 12.3 Å². The maximum absolute atomic E-state index is 12.9. The van der Waals surface area contributed by atoms with Gasteiger partial charge in [-0.3, -0.25) is 19.1 Å². The van der Waals surface area contributed by atoms with Crippen LogP contribution in [0.25, 0.3) is 27.8 Å². The molecule has 0 bridgehead atoms. The summed E-state index contributed by atoms with van der Waals surface area (Å²) in [7, 11) is 1.99. The molecule has 1 aliphatic rings. The molecule has 0 saturated heterocycles. The molecule has 36 heavy (non-hydrogen) atoms. The molecule has 0 aliphatic carbocycles. The molecule has 1 aromatic carbocycles. The number of halogens is 3. The molecule has 0 spiro atoms. The van der Waals surface area contributed by atoms with Gasteiger partial charge in [-0.2, -0.15) is 13.2 Å². The lowest BCUT2D eigenvalue weighted by molar-refractivity contribution is -0.138. The van der Waals surface area contributed by atoms with E-state index >= 15 is 0 Å². The maximum atomic E-state index is 12.9. The standard InChI is InChI=1S/C27H25F3N4O2/c1-16(2)26(36)33-10-9-23-21(15-33)20-6-5-19(13-24(20)32(23)3)34-11-8-17(12-25(34)35)22-7-4-18(14-31-22)27(28,29)30/h4-8,11-14,16H,9-10,15H2,1-3H3. The van der Waals surface area contributed by atoms with Gasteiger partial charge in [-0.15, -0.1) is 0 Å². The summed E-state index contributed by atoms with van der Waals surface area (Å²) in [6.07, 6.45) is -1.33. The molecular formula is C27H25F3N4O2. The van der Waals surface area contributed by atoms with Crippen LogP contribution in [0.3, 0.4) is 0 Å². The average molecular weight is 495 g/mol. The second kappa shape index (κ2) is 8.65. The molecular weight excluding hydrogens is 469 g/mol. The number of carbonyl (C=O) groups is 1. The Morgan fingerprint density at radius 1 is 1.08 bits per heavy atom. The van der Waals surface area contributed by atoms with E-state index in [0.29, 0.717) is 30.0 Å². The average Bonchev–Trinajstić information content (AvgIpc) is 3.13. The first-order valence-electron chi connectivity index (χ1n) is 11.7. The van der Waals surface area contributed by atoms with E-state index < -0.39 is 11.7 Å². The highest BCUT2D eigenvalue weighted by molar-refractivity contribution is 5.88. The van der Waals surface area contributed by atoms with Crippen LogP contribution in [-0.4, -0.2) is 31.5 Å².